The molecule has 1 aliphatic carbocycles. The van der Waals surface area contributed by atoms with E-state index in [-0.39, 0.29) is 10.9 Å². The van der Waals surface area contributed by atoms with Gasteiger partial charge in [0, 0.05) is 34.5 Å². The molecule has 1 saturated heterocycles. The van der Waals surface area contributed by atoms with Crippen LogP contribution in [0.1, 0.15) is 51.9 Å². The molecule has 3 nitrogen and oxygen atoms in total. The van der Waals surface area contributed by atoms with Gasteiger partial charge >= 0.3 is 0 Å². The number of hydrogen-bond acceptors (Lipinski definition) is 3. The maximum atomic E-state index is 12.3. The molecule has 0 bridgehead atoms. The fraction of sp³-hybridized carbons (Fsp3) is 1.00. The van der Waals surface area contributed by atoms with Gasteiger partial charge in [0.05, 0.1) is 5.60 Å². The molecule has 0 amide bonds. The van der Waals surface area contributed by atoms with Crippen LogP contribution >= 0.6 is 0 Å². The zero-order chi connectivity index (χ0) is 12.3. The summed E-state index contributed by atoms with van der Waals surface area (Å²) in [6, 6.07) is 0. The summed E-state index contributed by atoms with van der Waals surface area (Å²) in [4.78, 5) is 0. The van der Waals surface area contributed by atoms with E-state index in [1.165, 1.54) is 19.3 Å². The zero-order valence-corrected chi connectivity index (χ0v) is 11.6. The first-order chi connectivity index (χ1) is 8.17. The van der Waals surface area contributed by atoms with Gasteiger partial charge in [0.15, 0.2) is 0 Å². The molecule has 0 aromatic heterocycles. The molecule has 4 heteroatoms. The summed E-state index contributed by atoms with van der Waals surface area (Å²) in [5.74, 6) is 0. The predicted molar refractivity (Wildman–Crippen MR) is 71.4 cm³/mol. The minimum Gasteiger partial charge on any atom is -0.375 e. The topological polar surface area (TPSA) is 52.3 Å². The van der Waals surface area contributed by atoms with Crippen molar-refractivity contribution in [3.63, 3.8) is 0 Å². The highest BCUT2D eigenvalue weighted by Gasteiger charge is 2.40. The van der Waals surface area contributed by atoms with Gasteiger partial charge in [-0.15, -0.1) is 0 Å². The van der Waals surface area contributed by atoms with Crippen LogP contribution in [0.2, 0.25) is 0 Å². The summed E-state index contributed by atoms with van der Waals surface area (Å²) in [5, 5.41) is 0.430. The SMILES string of the molecule is CC(CN)S(=O)C1CCOC2(CCCCC2)C1. The molecule has 1 aliphatic heterocycles. The molecule has 3 atom stereocenters. The van der Waals surface area contributed by atoms with Crippen LogP contribution in [0.15, 0.2) is 0 Å². The second-order valence-corrected chi connectivity index (χ2v) is 7.71. The van der Waals surface area contributed by atoms with Gasteiger partial charge in [-0.2, -0.15) is 0 Å². The van der Waals surface area contributed by atoms with Crippen LogP contribution < -0.4 is 5.73 Å². The van der Waals surface area contributed by atoms with Crippen molar-refractivity contribution in [3.8, 4) is 0 Å². The molecule has 0 radical (unpaired) electrons. The molecular formula is C13H25NO2S. The molecule has 2 rings (SSSR count). The Morgan fingerprint density at radius 1 is 1.41 bits per heavy atom. The molecule has 1 saturated carbocycles. The predicted octanol–water partition coefficient (Wildman–Crippen LogP) is 1.96. The van der Waals surface area contributed by atoms with Gasteiger partial charge in [-0.25, -0.2) is 0 Å². The molecule has 2 N–H and O–H groups in total. The largest absolute Gasteiger partial charge is 0.375 e. The van der Waals surface area contributed by atoms with Crippen LogP contribution in [0.25, 0.3) is 0 Å². The number of hydrogen-bond donors (Lipinski definition) is 1. The molecule has 0 aromatic rings. The first-order valence-electron chi connectivity index (χ1n) is 6.90. The molecule has 2 fully saturated rings. The average molecular weight is 259 g/mol. The summed E-state index contributed by atoms with van der Waals surface area (Å²) in [6.45, 7) is 3.31. The minimum atomic E-state index is -0.784. The number of nitrogens with two attached hydrogens (primary N) is 1. The van der Waals surface area contributed by atoms with E-state index in [0.29, 0.717) is 11.8 Å². The Bertz CT molecular complexity index is 271. The molecule has 2 aliphatic rings. The quantitative estimate of drug-likeness (QED) is 0.843. The fourth-order valence-corrected chi connectivity index (χ4v) is 4.79. The van der Waals surface area contributed by atoms with Crippen molar-refractivity contribution >= 4 is 10.8 Å². The Hall–Kier alpha value is 0.0700. The maximum Gasteiger partial charge on any atom is 0.0694 e. The van der Waals surface area contributed by atoms with Crippen LogP contribution in [-0.2, 0) is 15.5 Å². The smallest absolute Gasteiger partial charge is 0.0694 e. The Balaban J connectivity index is 1.98. The molecule has 1 spiro atoms. The van der Waals surface area contributed by atoms with Crippen LogP contribution in [0.4, 0.5) is 0 Å². The van der Waals surface area contributed by atoms with Crippen LogP contribution in [0, 0.1) is 0 Å². The Morgan fingerprint density at radius 2 is 2.12 bits per heavy atom. The summed E-state index contributed by atoms with van der Waals surface area (Å²) >= 11 is 0. The second-order valence-electron chi connectivity index (χ2n) is 5.58. The summed E-state index contributed by atoms with van der Waals surface area (Å²) in [6.07, 6.45) is 8.13. The van der Waals surface area contributed by atoms with Crippen molar-refractivity contribution in [2.24, 2.45) is 5.73 Å². The lowest BCUT2D eigenvalue weighted by Gasteiger charge is -2.43. The van der Waals surface area contributed by atoms with E-state index in [2.05, 4.69) is 0 Å². The van der Waals surface area contributed by atoms with Gasteiger partial charge in [0.25, 0.3) is 0 Å². The number of ether oxygens (including phenoxy) is 1. The van der Waals surface area contributed by atoms with Gasteiger partial charge in [-0.3, -0.25) is 4.21 Å². The second kappa shape index (κ2) is 5.81. The van der Waals surface area contributed by atoms with Gasteiger partial charge in [0.1, 0.15) is 0 Å². The van der Waals surface area contributed by atoms with Crippen molar-refractivity contribution in [1.82, 2.24) is 0 Å². The monoisotopic (exact) mass is 259 g/mol. The van der Waals surface area contributed by atoms with Gasteiger partial charge in [0.2, 0.25) is 0 Å². The fourth-order valence-electron chi connectivity index (χ4n) is 3.15. The van der Waals surface area contributed by atoms with E-state index < -0.39 is 10.8 Å². The third kappa shape index (κ3) is 3.09. The van der Waals surface area contributed by atoms with Crippen LogP contribution in [0.5, 0.6) is 0 Å². The molecule has 3 unspecified atom stereocenters. The summed E-state index contributed by atoms with van der Waals surface area (Å²) in [7, 11) is -0.784. The molecule has 0 aromatic carbocycles. The highest BCUT2D eigenvalue weighted by atomic mass is 32.2. The van der Waals surface area contributed by atoms with Crippen molar-refractivity contribution < 1.29 is 8.95 Å². The van der Waals surface area contributed by atoms with E-state index in [1.54, 1.807) is 0 Å². The summed E-state index contributed by atoms with van der Waals surface area (Å²) in [5.41, 5.74) is 5.69. The number of rotatable bonds is 3. The highest BCUT2D eigenvalue weighted by Crippen LogP contribution is 2.40. The van der Waals surface area contributed by atoms with Crippen LogP contribution in [-0.4, -0.2) is 33.5 Å². The van der Waals surface area contributed by atoms with E-state index in [1.807, 2.05) is 6.92 Å². The Labute approximate surface area is 107 Å². The summed E-state index contributed by atoms with van der Waals surface area (Å²) < 4.78 is 18.4. The standard InChI is InChI=1S/C13H25NO2S/c1-11(10-14)17(15)12-5-8-16-13(9-12)6-3-2-4-7-13/h11-12H,2-10,14H2,1H3. The van der Waals surface area contributed by atoms with Gasteiger partial charge in [-0.05, 0) is 32.6 Å². The molecule has 1 heterocycles. The van der Waals surface area contributed by atoms with Gasteiger partial charge in [-0.1, -0.05) is 19.3 Å². The van der Waals surface area contributed by atoms with E-state index in [0.717, 1.165) is 32.3 Å². The third-order valence-electron chi connectivity index (χ3n) is 4.27. The lowest BCUT2D eigenvalue weighted by atomic mass is 9.80. The highest BCUT2D eigenvalue weighted by molar-refractivity contribution is 7.86. The normalized spacial score (nSPS) is 32.2. The third-order valence-corrected chi connectivity index (χ3v) is 6.31. The van der Waals surface area contributed by atoms with Crippen molar-refractivity contribution in [2.75, 3.05) is 13.2 Å². The molecule has 17 heavy (non-hydrogen) atoms. The first kappa shape index (κ1) is 13.5. The van der Waals surface area contributed by atoms with Crippen molar-refractivity contribution in [1.29, 1.82) is 0 Å². The van der Waals surface area contributed by atoms with Crippen molar-refractivity contribution in [3.05, 3.63) is 0 Å². The van der Waals surface area contributed by atoms with Crippen LogP contribution in [0.3, 0.4) is 0 Å². The molecule has 100 valence electrons. The van der Waals surface area contributed by atoms with Gasteiger partial charge < -0.3 is 10.5 Å². The lowest BCUT2D eigenvalue weighted by Crippen LogP contribution is -2.46. The maximum absolute atomic E-state index is 12.3. The van der Waals surface area contributed by atoms with E-state index >= 15 is 0 Å². The zero-order valence-electron chi connectivity index (χ0n) is 10.8. The Morgan fingerprint density at radius 3 is 2.76 bits per heavy atom. The lowest BCUT2D eigenvalue weighted by molar-refractivity contribution is -0.0975. The Kier molecular flexibility index (Phi) is 4.61. The molecular weight excluding hydrogens is 234 g/mol. The minimum absolute atomic E-state index is 0.0607. The van der Waals surface area contributed by atoms with E-state index in [9.17, 15) is 4.21 Å². The van der Waals surface area contributed by atoms with Crippen molar-refractivity contribution in [2.45, 2.75) is 68.0 Å². The van der Waals surface area contributed by atoms with E-state index in [4.69, 9.17) is 10.5 Å². The average Bonchev–Trinajstić information content (AvgIpc) is 2.38. The first-order valence-corrected chi connectivity index (χ1v) is 8.18.